The molecule has 2 heterocycles. The fourth-order valence-electron chi connectivity index (χ4n) is 13.1. The molecule has 0 aliphatic heterocycles. The molecule has 0 atom stereocenters. The van der Waals surface area contributed by atoms with Crippen LogP contribution in [0.4, 0.5) is 0 Å². The predicted molar refractivity (Wildman–Crippen MR) is 357 cm³/mol. The van der Waals surface area contributed by atoms with Crippen molar-refractivity contribution in [1.82, 2.24) is 9.13 Å². The van der Waals surface area contributed by atoms with E-state index in [1.165, 1.54) is 0 Å². The summed E-state index contributed by atoms with van der Waals surface area (Å²) in [5.41, 5.74) is 20.2. The molecule has 88 heavy (non-hydrogen) atoms. The van der Waals surface area contributed by atoms with Crippen LogP contribution in [0.2, 0.25) is 0 Å². The van der Waals surface area contributed by atoms with E-state index in [-0.39, 0.29) is 0 Å². The van der Waals surface area contributed by atoms with Crippen LogP contribution < -0.4 is 0 Å². The normalized spacial score (nSPS) is 11.1. The Morgan fingerprint density at radius 3 is 0.693 bits per heavy atom. The van der Waals surface area contributed by atoms with Gasteiger partial charge in [0, 0.05) is 43.8 Å². The summed E-state index contributed by atoms with van der Waals surface area (Å²) in [4.78, 5) is 0. The molecule has 0 aliphatic carbocycles. The molecule has 0 unspecified atom stereocenters. The predicted octanol–water partition coefficient (Wildman–Crippen LogP) is 20.7. The highest BCUT2D eigenvalue weighted by Crippen LogP contribution is 2.47. The summed E-state index contributed by atoms with van der Waals surface area (Å²) in [5, 5.41) is 50.3. The Morgan fingerprint density at radius 1 is 0.216 bits per heavy atom. The van der Waals surface area contributed by atoms with Gasteiger partial charge in [-0.15, -0.1) is 0 Å². The molecule has 0 radical (unpaired) electrons. The molecule has 15 rings (SSSR count). The van der Waals surface area contributed by atoms with Gasteiger partial charge in [0.05, 0.1) is 67.8 Å². The second-order valence-electron chi connectivity index (χ2n) is 22.0. The number of fused-ring (bicyclic) bond motifs is 6. The zero-order chi connectivity index (χ0) is 59.2. The van der Waals surface area contributed by atoms with Crippen LogP contribution in [-0.4, -0.2) is 9.13 Å². The number of aromatic nitrogens is 2. The Bertz CT molecular complexity index is 4890. The Balaban J connectivity index is 0.957. The molecule has 0 saturated heterocycles. The van der Waals surface area contributed by atoms with Crippen molar-refractivity contribution in [1.29, 1.82) is 21.0 Å². The highest BCUT2D eigenvalue weighted by molar-refractivity contribution is 6.14. The Hall–Kier alpha value is -12.6. The Labute approximate surface area is 509 Å². The van der Waals surface area contributed by atoms with Crippen molar-refractivity contribution in [3.8, 4) is 125 Å². The third-order valence-electron chi connectivity index (χ3n) is 17.1. The van der Waals surface area contributed by atoms with E-state index < -0.39 is 0 Å². The maximum absolute atomic E-state index is 11.8. The standard InChI is InChI=1S/C82H48N6/c83-49-65-47-67(57-27-15-5-16-28-57)81(87-75-39-35-61(53-19-7-1-8-20-53)43-69(75)70-44-62(36-40-76(70)87)54-21-9-2-10-22-54)73(51-85)79(65)59-31-33-60(34-32-59)80-66(50-84)48-68(58-29-17-6-18-30-58)82(74(80)52-86)88-77-41-37-63(55-23-11-3-12-24-55)45-71(77)72-46-64(38-42-78(72)88)56-25-13-4-14-26-56/h1-48H. The van der Waals surface area contributed by atoms with Crippen molar-refractivity contribution in [3.05, 3.63) is 313 Å². The van der Waals surface area contributed by atoms with E-state index in [1.54, 1.807) is 0 Å². The molecule has 6 heteroatoms. The van der Waals surface area contributed by atoms with Crippen molar-refractivity contribution >= 4 is 43.6 Å². The smallest absolute Gasteiger partial charge is 0.102 e. The number of rotatable bonds is 10. The summed E-state index contributed by atoms with van der Waals surface area (Å²) < 4.78 is 4.39. The topological polar surface area (TPSA) is 105 Å². The lowest BCUT2D eigenvalue weighted by Crippen LogP contribution is -2.05. The lowest BCUT2D eigenvalue weighted by Gasteiger charge is -2.21. The summed E-state index contributed by atoms with van der Waals surface area (Å²) in [6.45, 7) is 0. The quantitative estimate of drug-likeness (QED) is 0.136. The van der Waals surface area contributed by atoms with Gasteiger partial charge in [-0.1, -0.05) is 231 Å². The molecule has 0 saturated carbocycles. The SMILES string of the molecule is N#Cc1cc(-c2ccccc2)c(-n2c3ccc(-c4ccccc4)cc3c3cc(-c4ccccc4)ccc32)c(C#N)c1-c1ccc(-c2c(C#N)cc(-c3ccccc3)c(-n3c4ccc(-c5ccccc5)cc4c4cc(-c5ccccc5)ccc43)c2C#N)cc1. The molecule has 0 bridgehead atoms. The molecule has 6 nitrogen and oxygen atoms in total. The summed E-state index contributed by atoms with van der Waals surface area (Å²) in [5.74, 6) is 0. The summed E-state index contributed by atoms with van der Waals surface area (Å²) in [7, 11) is 0. The fraction of sp³-hybridized carbons (Fsp3) is 0. The molecule has 0 aliphatic rings. The first kappa shape index (κ1) is 52.2. The summed E-state index contributed by atoms with van der Waals surface area (Å²) in [6, 6.07) is 109. The third-order valence-corrected chi connectivity index (χ3v) is 17.1. The van der Waals surface area contributed by atoms with Crippen molar-refractivity contribution in [2.24, 2.45) is 0 Å². The largest absolute Gasteiger partial charge is 0.307 e. The van der Waals surface area contributed by atoms with Gasteiger partial charge >= 0.3 is 0 Å². The van der Waals surface area contributed by atoms with Gasteiger partial charge < -0.3 is 9.13 Å². The van der Waals surface area contributed by atoms with Crippen molar-refractivity contribution in [2.45, 2.75) is 0 Å². The van der Waals surface area contributed by atoms with Gasteiger partial charge in [0.2, 0.25) is 0 Å². The van der Waals surface area contributed by atoms with Gasteiger partial charge in [-0.2, -0.15) is 21.0 Å². The lowest BCUT2D eigenvalue weighted by atomic mass is 9.86. The molecule has 0 spiro atoms. The number of benzene rings is 13. The molecule has 0 N–H and O–H groups in total. The van der Waals surface area contributed by atoms with Crippen LogP contribution in [0.15, 0.2) is 291 Å². The molecule has 0 amide bonds. The van der Waals surface area contributed by atoms with Crippen LogP contribution in [0.25, 0.3) is 144 Å². The molecular formula is C82H48N6. The second-order valence-corrected chi connectivity index (χ2v) is 22.0. The monoisotopic (exact) mass is 1120 g/mol. The average Bonchev–Trinajstić information content (AvgIpc) is 1.57. The molecule has 0 fully saturated rings. The van der Waals surface area contributed by atoms with E-state index in [4.69, 9.17) is 0 Å². The Kier molecular flexibility index (Phi) is 13.0. The summed E-state index contributed by atoms with van der Waals surface area (Å²) in [6.07, 6.45) is 0. The zero-order valence-electron chi connectivity index (χ0n) is 47.4. The minimum Gasteiger partial charge on any atom is -0.307 e. The third kappa shape index (κ3) is 8.78. The van der Waals surface area contributed by atoms with Gasteiger partial charge in [0.15, 0.2) is 0 Å². The van der Waals surface area contributed by atoms with E-state index in [0.29, 0.717) is 55.9 Å². The van der Waals surface area contributed by atoms with Crippen LogP contribution in [-0.2, 0) is 0 Å². The molecule has 13 aromatic carbocycles. The zero-order valence-corrected chi connectivity index (χ0v) is 47.4. The van der Waals surface area contributed by atoms with Gasteiger partial charge in [0.25, 0.3) is 0 Å². The van der Waals surface area contributed by atoms with Gasteiger partial charge in [-0.25, -0.2) is 0 Å². The van der Waals surface area contributed by atoms with Crippen molar-refractivity contribution < 1.29 is 0 Å². The highest BCUT2D eigenvalue weighted by atomic mass is 15.0. The van der Waals surface area contributed by atoms with Crippen LogP contribution in [0.5, 0.6) is 0 Å². The molecule has 406 valence electrons. The number of nitriles is 4. The van der Waals surface area contributed by atoms with Crippen molar-refractivity contribution in [3.63, 3.8) is 0 Å². The van der Waals surface area contributed by atoms with Crippen molar-refractivity contribution in [2.75, 3.05) is 0 Å². The first-order chi connectivity index (χ1) is 43.5. The number of hydrogen-bond acceptors (Lipinski definition) is 4. The second kappa shape index (κ2) is 21.9. The van der Waals surface area contributed by atoms with Crippen LogP contribution in [0.1, 0.15) is 22.3 Å². The average molecular weight is 1120 g/mol. The van der Waals surface area contributed by atoms with Gasteiger partial charge in [-0.05, 0) is 127 Å². The fourth-order valence-corrected chi connectivity index (χ4v) is 13.1. The lowest BCUT2D eigenvalue weighted by molar-refractivity contribution is 1.17. The number of hydrogen-bond donors (Lipinski definition) is 0. The highest BCUT2D eigenvalue weighted by Gasteiger charge is 2.29. The molecular weight excluding hydrogens is 1070 g/mol. The molecule has 15 aromatic rings. The number of nitrogens with zero attached hydrogens (tertiary/aromatic N) is 6. The maximum atomic E-state index is 11.8. The van der Waals surface area contributed by atoms with E-state index in [0.717, 1.165) is 110 Å². The first-order valence-corrected chi connectivity index (χ1v) is 29.1. The first-order valence-electron chi connectivity index (χ1n) is 29.1. The van der Waals surface area contributed by atoms with E-state index >= 15 is 0 Å². The van der Waals surface area contributed by atoms with Gasteiger partial charge in [-0.3, -0.25) is 0 Å². The summed E-state index contributed by atoms with van der Waals surface area (Å²) >= 11 is 0. The van der Waals surface area contributed by atoms with E-state index in [9.17, 15) is 21.0 Å². The van der Waals surface area contributed by atoms with Crippen LogP contribution >= 0.6 is 0 Å². The van der Waals surface area contributed by atoms with E-state index in [1.807, 2.05) is 170 Å². The maximum Gasteiger partial charge on any atom is 0.102 e. The van der Waals surface area contributed by atoms with Gasteiger partial charge in [0.1, 0.15) is 12.1 Å². The Morgan fingerprint density at radius 2 is 0.455 bits per heavy atom. The molecule has 2 aromatic heterocycles. The van der Waals surface area contributed by atoms with Crippen LogP contribution in [0.3, 0.4) is 0 Å². The van der Waals surface area contributed by atoms with Crippen LogP contribution in [0, 0.1) is 45.3 Å². The van der Waals surface area contributed by atoms with E-state index in [2.05, 4.69) is 155 Å². The minimum atomic E-state index is 0.325. The minimum absolute atomic E-state index is 0.325.